The van der Waals surface area contributed by atoms with Crippen LogP contribution in [-0.2, 0) is 4.74 Å². The van der Waals surface area contributed by atoms with E-state index in [1.807, 2.05) is 24.3 Å². The number of nitrogens with one attached hydrogen (secondary N) is 2. The second-order valence-corrected chi connectivity index (χ2v) is 5.54. The van der Waals surface area contributed by atoms with Gasteiger partial charge in [-0.15, -0.1) is 0 Å². The van der Waals surface area contributed by atoms with Crippen molar-refractivity contribution >= 4 is 17.5 Å². The number of ether oxygens (including phenoxy) is 1. The Hall–Kier alpha value is -1.71. The standard InChI is InChI=1S/C15H20N2O2/c1-19-15(18)17-13-8-6-12(7-9-13)16-14(10-2-3-10)11-4-5-11/h6-11,14,16H,2-5H2,1H3,(H,17,18). The molecule has 0 spiro atoms. The molecule has 2 fully saturated rings. The van der Waals surface area contributed by atoms with Crippen molar-refractivity contribution in [1.82, 2.24) is 0 Å². The van der Waals surface area contributed by atoms with Crippen LogP contribution in [0.25, 0.3) is 0 Å². The number of methoxy groups -OCH3 is 1. The first-order chi connectivity index (χ1) is 9.26. The average Bonchev–Trinajstić information content (AvgIpc) is 3.30. The van der Waals surface area contributed by atoms with Crippen molar-refractivity contribution in [3.05, 3.63) is 24.3 Å². The van der Waals surface area contributed by atoms with Gasteiger partial charge in [0.25, 0.3) is 0 Å². The molecule has 0 bridgehead atoms. The van der Waals surface area contributed by atoms with Crippen LogP contribution in [0.15, 0.2) is 24.3 Å². The van der Waals surface area contributed by atoms with Crippen LogP contribution >= 0.6 is 0 Å². The highest BCUT2D eigenvalue weighted by atomic mass is 16.5. The highest BCUT2D eigenvalue weighted by Crippen LogP contribution is 2.45. The Morgan fingerprint density at radius 1 is 1.11 bits per heavy atom. The number of hydrogen-bond donors (Lipinski definition) is 2. The molecular weight excluding hydrogens is 240 g/mol. The summed E-state index contributed by atoms with van der Waals surface area (Å²) in [5.41, 5.74) is 1.89. The van der Waals surface area contributed by atoms with Gasteiger partial charge in [-0.25, -0.2) is 4.79 Å². The van der Waals surface area contributed by atoms with Gasteiger partial charge in [-0.3, -0.25) is 5.32 Å². The van der Waals surface area contributed by atoms with Crippen molar-refractivity contribution in [2.45, 2.75) is 31.7 Å². The summed E-state index contributed by atoms with van der Waals surface area (Å²) < 4.78 is 4.56. The quantitative estimate of drug-likeness (QED) is 0.852. The fourth-order valence-electron chi connectivity index (χ4n) is 2.54. The van der Waals surface area contributed by atoms with E-state index in [9.17, 15) is 4.79 Å². The Kier molecular flexibility index (Phi) is 3.32. The minimum atomic E-state index is -0.436. The van der Waals surface area contributed by atoms with Crippen LogP contribution in [0.5, 0.6) is 0 Å². The van der Waals surface area contributed by atoms with Crippen LogP contribution in [0.3, 0.4) is 0 Å². The van der Waals surface area contributed by atoms with Gasteiger partial charge in [0.1, 0.15) is 0 Å². The summed E-state index contributed by atoms with van der Waals surface area (Å²) in [7, 11) is 1.36. The molecule has 1 amide bonds. The Labute approximate surface area is 113 Å². The van der Waals surface area contributed by atoms with Crippen LogP contribution in [0.4, 0.5) is 16.2 Å². The number of hydrogen-bond acceptors (Lipinski definition) is 3. The summed E-state index contributed by atoms with van der Waals surface area (Å²) in [4.78, 5) is 11.1. The minimum absolute atomic E-state index is 0.436. The second kappa shape index (κ2) is 5.11. The third kappa shape index (κ3) is 3.19. The number of rotatable bonds is 5. The lowest BCUT2D eigenvalue weighted by Crippen LogP contribution is -2.24. The first-order valence-corrected chi connectivity index (χ1v) is 6.98. The molecule has 1 aromatic carbocycles. The smallest absolute Gasteiger partial charge is 0.411 e. The SMILES string of the molecule is COC(=O)Nc1ccc(NC(C2CC2)C2CC2)cc1. The fourth-order valence-corrected chi connectivity index (χ4v) is 2.54. The first kappa shape index (κ1) is 12.3. The summed E-state index contributed by atoms with van der Waals surface area (Å²) in [6.07, 6.45) is 5.05. The van der Waals surface area contributed by atoms with Crippen molar-refractivity contribution in [1.29, 1.82) is 0 Å². The van der Waals surface area contributed by atoms with Crippen molar-refractivity contribution < 1.29 is 9.53 Å². The van der Waals surface area contributed by atoms with Gasteiger partial charge in [0.05, 0.1) is 7.11 Å². The summed E-state index contributed by atoms with van der Waals surface area (Å²) >= 11 is 0. The van der Waals surface area contributed by atoms with Crippen molar-refractivity contribution in [3.8, 4) is 0 Å². The molecule has 4 heteroatoms. The molecule has 2 saturated carbocycles. The normalized spacial score (nSPS) is 18.2. The van der Waals surface area contributed by atoms with Crippen LogP contribution in [-0.4, -0.2) is 19.2 Å². The van der Waals surface area contributed by atoms with E-state index >= 15 is 0 Å². The summed E-state index contributed by atoms with van der Waals surface area (Å²) in [5.74, 6) is 1.75. The molecule has 0 saturated heterocycles. The number of anilines is 2. The molecule has 102 valence electrons. The number of carbonyl (C=O) groups is 1. The van der Waals surface area contributed by atoms with Crippen LogP contribution in [0.2, 0.25) is 0 Å². The predicted molar refractivity (Wildman–Crippen MR) is 75.3 cm³/mol. The zero-order valence-electron chi connectivity index (χ0n) is 11.2. The third-order valence-corrected chi connectivity index (χ3v) is 3.91. The largest absolute Gasteiger partial charge is 0.453 e. The molecule has 3 rings (SSSR count). The highest BCUT2D eigenvalue weighted by molar-refractivity contribution is 5.84. The van der Waals surface area contributed by atoms with Crippen molar-refractivity contribution in [2.24, 2.45) is 11.8 Å². The maximum Gasteiger partial charge on any atom is 0.411 e. The van der Waals surface area contributed by atoms with Crippen molar-refractivity contribution in [3.63, 3.8) is 0 Å². The molecule has 0 aromatic heterocycles. The van der Waals surface area contributed by atoms with Gasteiger partial charge < -0.3 is 10.1 Å². The molecule has 1 aromatic rings. The zero-order valence-corrected chi connectivity index (χ0v) is 11.2. The van der Waals surface area contributed by atoms with E-state index in [1.54, 1.807) is 0 Å². The molecule has 0 heterocycles. The molecular formula is C15H20N2O2. The molecule has 2 aliphatic carbocycles. The van der Waals surface area contributed by atoms with E-state index in [4.69, 9.17) is 0 Å². The topological polar surface area (TPSA) is 50.4 Å². The van der Waals surface area contributed by atoms with E-state index in [0.29, 0.717) is 6.04 Å². The fraction of sp³-hybridized carbons (Fsp3) is 0.533. The average molecular weight is 260 g/mol. The lowest BCUT2D eigenvalue weighted by molar-refractivity contribution is 0.187. The van der Waals surface area contributed by atoms with Crippen LogP contribution < -0.4 is 10.6 Å². The summed E-state index contributed by atoms with van der Waals surface area (Å²) in [6.45, 7) is 0. The molecule has 0 aliphatic heterocycles. The van der Waals surface area contributed by atoms with Crippen LogP contribution in [0, 0.1) is 11.8 Å². The minimum Gasteiger partial charge on any atom is -0.453 e. The molecule has 0 atom stereocenters. The lowest BCUT2D eigenvalue weighted by atomic mass is 10.1. The molecule has 4 nitrogen and oxygen atoms in total. The lowest BCUT2D eigenvalue weighted by Gasteiger charge is -2.19. The number of amides is 1. The molecule has 0 radical (unpaired) electrons. The van der Waals surface area contributed by atoms with Gasteiger partial charge in [-0.05, 0) is 61.8 Å². The molecule has 19 heavy (non-hydrogen) atoms. The van der Waals surface area contributed by atoms with Gasteiger partial charge in [0.2, 0.25) is 0 Å². The maximum absolute atomic E-state index is 11.1. The summed E-state index contributed by atoms with van der Waals surface area (Å²) in [6, 6.07) is 8.48. The summed E-state index contributed by atoms with van der Waals surface area (Å²) in [5, 5.41) is 6.31. The third-order valence-electron chi connectivity index (χ3n) is 3.91. The van der Waals surface area contributed by atoms with Crippen LogP contribution in [0.1, 0.15) is 25.7 Å². The van der Waals surface area contributed by atoms with E-state index in [0.717, 1.165) is 23.2 Å². The molecule has 0 unspecified atom stereocenters. The highest BCUT2D eigenvalue weighted by Gasteiger charge is 2.41. The van der Waals surface area contributed by atoms with Gasteiger partial charge in [0, 0.05) is 17.4 Å². The second-order valence-electron chi connectivity index (χ2n) is 5.54. The Morgan fingerprint density at radius 2 is 1.63 bits per heavy atom. The Balaban J connectivity index is 1.60. The predicted octanol–water partition coefficient (Wildman–Crippen LogP) is 3.47. The van der Waals surface area contributed by atoms with E-state index < -0.39 is 6.09 Å². The van der Waals surface area contributed by atoms with Gasteiger partial charge in [-0.1, -0.05) is 0 Å². The van der Waals surface area contributed by atoms with Gasteiger partial charge >= 0.3 is 6.09 Å². The zero-order chi connectivity index (χ0) is 13.2. The number of benzene rings is 1. The first-order valence-electron chi connectivity index (χ1n) is 6.98. The van der Waals surface area contributed by atoms with E-state index in [-0.39, 0.29) is 0 Å². The monoisotopic (exact) mass is 260 g/mol. The van der Waals surface area contributed by atoms with Gasteiger partial charge in [0.15, 0.2) is 0 Å². The molecule has 2 N–H and O–H groups in total. The van der Waals surface area contributed by atoms with Crippen molar-refractivity contribution in [2.75, 3.05) is 17.7 Å². The Bertz CT molecular complexity index is 438. The van der Waals surface area contributed by atoms with Gasteiger partial charge in [-0.2, -0.15) is 0 Å². The van der Waals surface area contributed by atoms with E-state index in [2.05, 4.69) is 15.4 Å². The Morgan fingerprint density at radius 3 is 2.11 bits per heavy atom. The maximum atomic E-state index is 11.1. The number of carbonyl (C=O) groups excluding carboxylic acids is 1. The molecule has 2 aliphatic rings. The van der Waals surface area contributed by atoms with E-state index in [1.165, 1.54) is 32.8 Å².